The minimum atomic E-state index is -0.799. The first-order chi connectivity index (χ1) is 40.0. The molecule has 0 saturated heterocycles. The predicted molar refractivity (Wildman–Crippen MR) is 352 cm³/mol. The molecular weight excluding hydrogens is 997 g/mol. The van der Waals surface area contributed by atoms with E-state index in [4.69, 9.17) is 14.2 Å². The van der Waals surface area contributed by atoms with Crippen LogP contribution in [0.15, 0.2) is 146 Å². The molecule has 6 nitrogen and oxygen atoms in total. The number of esters is 3. The molecule has 6 heteroatoms. The fourth-order valence-corrected chi connectivity index (χ4v) is 8.92. The largest absolute Gasteiger partial charge is 0.462 e. The lowest BCUT2D eigenvalue weighted by atomic mass is 10.0. The van der Waals surface area contributed by atoms with Gasteiger partial charge in [0.25, 0.3) is 0 Å². The van der Waals surface area contributed by atoms with Gasteiger partial charge in [0.15, 0.2) is 6.10 Å². The average molecular weight is 1120 g/mol. The van der Waals surface area contributed by atoms with Gasteiger partial charge in [-0.15, -0.1) is 0 Å². The molecule has 0 fully saturated rings. The van der Waals surface area contributed by atoms with E-state index in [1.54, 1.807) is 0 Å². The molecule has 0 amide bonds. The van der Waals surface area contributed by atoms with Gasteiger partial charge in [-0.1, -0.05) is 295 Å². The maximum Gasteiger partial charge on any atom is 0.306 e. The van der Waals surface area contributed by atoms with Gasteiger partial charge in [0, 0.05) is 19.3 Å². The summed E-state index contributed by atoms with van der Waals surface area (Å²) in [6, 6.07) is 0. The van der Waals surface area contributed by atoms with E-state index in [9.17, 15) is 14.4 Å². The van der Waals surface area contributed by atoms with Crippen LogP contribution in [-0.4, -0.2) is 37.2 Å². The topological polar surface area (TPSA) is 78.9 Å². The second kappa shape index (κ2) is 67.8. The molecule has 0 rings (SSSR count). The van der Waals surface area contributed by atoms with Crippen molar-refractivity contribution in [2.24, 2.45) is 0 Å². The number of carbonyl (C=O) groups excluding carboxylic acids is 3. The highest BCUT2D eigenvalue weighted by molar-refractivity contribution is 5.71. The van der Waals surface area contributed by atoms with Crippen LogP contribution in [0.3, 0.4) is 0 Å². The quantitative estimate of drug-likeness (QED) is 0.0261. The van der Waals surface area contributed by atoms with Gasteiger partial charge in [-0.25, -0.2) is 0 Å². The molecule has 0 aromatic heterocycles. The lowest BCUT2D eigenvalue weighted by Gasteiger charge is -2.18. The van der Waals surface area contributed by atoms with E-state index < -0.39 is 6.10 Å². The zero-order chi connectivity index (χ0) is 58.5. The molecule has 1 unspecified atom stereocenters. The summed E-state index contributed by atoms with van der Waals surface area (Å²) in [4.78, 5) is 38.3. The maximum absolute atomic E-state index is 12.9. The first-order valence-electron chi connectivity index (χ1n) is 33.3. The number of allylic oxidation sites excluding steroid dienone is 24. The smallest absolute Gasteiger partial charge is 0.306 e. The van der Waals surface area contributed by atoms with Crippen LogP contribution < -0.4 is 0 Å². The molecule has 0 bridgehead atoms. The zero-order valence-corrected chi connectivity index (χ0v) is 52.5. The summed E-state index contributed by atoms with van der Waals surface area (Å²) in [5.41, 5.74) is 0. The minimum absolute atomic E-state index is 0.0922. The van der Waals surface area contributed by atoms with Crippen LogP contribution in [0.2, 0.25) is 0 Å². The third-order valence-corrected chi connectivity index (χ3v) is 13.8. The fraction of sp³-hybridized carbons (Fsp3) is 0.640. The van der Waals surface area contributed by atoms with Gasteiger partial charge in [-0.2, -0.15) is 0 Å². The molecule has 0 spiro atoms. The highest BCUT2D eigenvalue weighted by atomic mass is 16.6. The van der Waals surface area contributed by atoms with Gasteiger partial charge in [-0.3, -0.25) is 14.4 Å². The Labute approximate surface area is 499 Å². The SMILES string of the molecule is CC/C=C\C/C=C\C/C=C\C/C=C\C/C=C\C/C=C\C/C=C\C/C=C\CCCCCCCCCCC(=O)OCC(COC(=O)CCCCCCCCCCCCCCC)OC(=O)CCCCCC/C=C\C/C=C\C/C=C\C/C=C\CC. The van der Waals surface area contributed by atoms with Gasteiger partial charge in [0.05, 0.1) is 0 Å². The van der Waals surface area contributed by atoms with E-state index in [0.29, 0.717) is 19.3 Å². The molecule has 0 aliphatic carbocycles. The lowest BCUT2D eigenvalue weighted by Crippen LogP contribution is -2.30. The molecule has 0 aromatic carbocycles. The van der Waals surface area contributed by atoms with Crippen LogP contribution in [0.25, 0.3) is 0 Å². The van der Waals surface area contributed by atoms with Crippen molar-refractivity contribution in [1.29, 1.82) is 0 Å². The van der Waals surface area contributed by atoms with Crippen molar-refractivity contribution in [3.8, 4) is 0 Å². The van der Waals surface area contributed by atoms with Crippen LogP contribution in [0, 0.1) is 0 Å². The summed E-state index contributed by atoms with van der Waals surface area (Å²) in [7, 11) is 0. The Bertz CT molecular complexity index is 1760. The Morgan fingerprint density at radius 1 is 0.259 bits per heavy atom. The summed E-state index contributed by atoms with van der Waals surface area (Å²) in [6.45, 7) is 6.39. The predicted octanol–water partition coefficient (Wildman–Crippen LogP) is 23.1. The van der Waals surface area contributed by atoms with Crippen molar-refractivity contribution < 1.29 is 28.6 Å². The Morgan fingerprint density at radius 2 is 0.481 bits per heavy atom. The fourth-order valence-electron chi connectivity index (χ4n) is 8.92. The first kappa shape index (κ1) is 76.3. The van der Waals surface area contributed by atoms with Crippen molar-refractivity contribution in [3.05, 3.63) is 146 Å². The van der Waals surface area contributed by atoms with E-state index in [2.05, 4.69) is 167 Å². The molecular formula is C75H122O6. The van der Waals surface area contributed by atoms with Crippen molar-refractivity contribution in [1.82, 2.24) is 0 Å². The van der Waals surface area contributed by atoms with Gasteiger partial charge in [0.2, 0.25) is 0 Å². The number of unbranched alkanes of at least 4 members (excludes halogenated alkanes) is 24. The Hall–Kier alpha value is -4.71. The lowest BCUT2D eigenvalue weighted by molar-refractivity contribution is -0.167. The molecule has 0 heterocycles. The Balaban J connectivity index is 4.32. The maximum atomic E-state index is 12.9. The number of hydrogen-bond acceptors (Lipinski definition) is 6. The normalized spacial score (nSPS) is 13.1. The van der Waals surface area contributed by atoms with Crippen molar-refractivity contribution in [2.75, 3.05) is 13.2 Å². The highest BCUT2D eigenvalue weighted by Crippen LogP contribution is 2.16. The summed E-state index contributed by atoms with van der Waals surface area (Å²) in [5.74, 6) is -0.922. The van der Waals surface area contributed by atoms with Crippen LogP contribution >= 0.6 is 0 Å². The second-order valence-corrected chi connectivity index (χ2v) is 21.6. The molecule has 0 aromatic rings. The van der Waals surface area contributed by atoms with Gasteiger partial charge in [-0.05, 0) is 122 Å². The summed E-state index contributed by atoms with van der Waals surface area (Å²) >= 11 is 0. The molecule has 0 radical (unpaired) electrons. The van der Waals surface area contributed by atoms with E-state index in [-0.39, 0.29) is 31.1 Å². The van der Waals surface area contributed by atoms with Crippen molar-refractivity contribution in [2.45, 2.75) is 297 Å². The average Bonchev–Trinajstić information content (AvgIpc) is 3.46. The number of carbonyl (C=O) groups is 3. The molecule has 81 heavy (non-hydrogen) atoms. The van der Waals surface area contributed by atoms with Crippen LogP contribution in [0.5, 0.6) is 0 Å². The molecule has 0 aliphatic heterocycles. The van der Waals surface area contributed by atoms with E-state index in [1.165, 1.54) is 96.3 Å². The summed E-state index contributed by atoms with van der Waals surface area (Å²) in [5, 5.41) is 0. The van der Waals surface area contributed by atoms with Gasteiger partial charge in [0.1, 0.15) is 13.2 Å². The number of ether oxygens (including phenoxy) is 3. The minimum Gasteiger partial charge on any atom is -0.462 e. The third kappa shape index (κ3) is 66.0. The van der Waals surface area contributed by atoms with Crippen LogP contribution in [0.1, 0.15) is 290 Å². The molecule has 0 saturated carbocycles. The molecule has 0 aliphatic rings. The van der Waals surface area contributed by atoms with Gasteiger partial charge >= 0.3 is 17.9 Å². The van der Waals surface area contributed by atoms with Crippen molar-refractivity contribution >= 4 is 17.9 Å². The summed E-state index contributed by atoms with van der Waals surface area (Å²) in [6.07, 6.45) is 97.1. The second-order valence-electron chi connectivity index (χ2n) is 21.6. The zero-order valence-electron chi connectivity index (χ0n) is 52.5. The monoisotopic (exact) mass is 1120 g/mol. The van der Waals surface area contributed by atoms with E-state index >= 15 is 0 Å². The Kier molecular flexibility index (Phi) is 63.9. The highest BCUT2D eigenvalue weighted by Gasteiger charge is 2.19. The first-order valence-corrected chi connectivity index (χ1v) is 33.3. The van der Waals surface area contributed by atoms with Crippen LogP contribution in [0.4, 0.5) is 0 Å². The van der Waals surface area contributed by atoms with E-state index in [0.717, 1.165) is 154 Å². The van der Waals surface area contributed by atoms with E-state index in [1.807, 2.05) is 0 Å². The Morgan fingerprint density at radius 3 is 0.753 bits per heavy atom. The van der Waals surface area contributed by atoms with Crippen molar-refractivity contribution in [3.63, 3.8) is 0 Å². The third-order valence-electron chi connectivity index (χ3n) is 13.8. The standard InChI is InChI=1S/C75H122O6/c1-4-7-10-13-16-19-22-25-27-29-30-31-32-33-34-35-36-37-38-39-40-41-42-43-44-46-47-50-53-56-59-62-65-68-74(77)80-71-72(70-79-73(76)67-64-61-58-55-52-49-24-21-18-15-12-9-6-3)81-75(78)69-66-63-60-57-54-51-48-45-28-26-23-20-17-14-11-8-5-2/h7-8,10-11,16-17,19-20,25-28,30-31,33-34,36-37,39-40,42-43,48,51,72H,4-6,9,12-15,18,21-24,29,32,35,38,41,44-47,49-50,52-71H2,1-3H3/b10-7-,11-8-,19-16-,20-17-,27-25-,28-26-,31-30-,34-33-,37-36-,40-39-,43-42-,51-48-. The molecule has 458 valence electrons. The molecule has 0 N–H and O–H groups in total. The molecule has 1 atom stereocenters. The number of hydrogen-bond donors (Lipinski definition) is 0. The summed E-state index contributed by atoms with van der Waals surface area (Å²) < 4.78 is 16.9. The van der Waals surface area contributed by atoms with Gasteiger partial charge < -0.3 is 14.2 Å². The van der Waals surface area contributed by atoms with Crippen LogP contribution in [-0.2, 0) is 28.6 Å². The number of rotatable bonds is 59.